The highest BCUT2D eigenvalue weighted by molar-refractivity contribution is 5.95. The maximum absolute atomic E-state index is 13.6. The number of urea groups is 1. The third-order valence-corrected chi connectivity index (χ3v) is 6.38. The number of hydrogen-bond donors (Lipinski definition) is 1. The Labute approximate surface area is 208 Å². The zero-order valence-electron chi connectivity index (χ0n) is 20.0. The number of benzene rings is 1. The van der Waals surface area contributed by atoms with E-state index in [4.69, 9.17) is 4.74 Å². The van der Waals surface area contributed by atoms with Crippen LogP contribution in [0.4, 0.5) is 36.8 Å². The van der Waals surface area contributed by atoms with Crippen molar-refractivity contribution in [3.8, 4) is 0 Å². The topological polar surface area (TPSA) is 79.7 Å². The number of amides is 3. The number of nitrogens with zero attached hydrogens (tertiary/aromatic N) is 4. The Morgan fingerprint density at radius 2 is 2.00 bits per heavy atom. The Kier molecular flexibility index (Phi) is 7.40. The normalized spacial score (nSPS) is 20.1. The molecule has 2 aliphatic rings. The summed E-state index contributed by atoms with van der Waals surface area (Å²) < 4.78 is 84.3. The van der Waals surface area contributed by atoms with Gasteiger partial charge in [-0.2, -0.15) is 18.3 Å². The van der Waals surface area contributed by atoms with Crippen LogP contribution >= 0.6 is 0 Å². The molecule has 0 aliphatic carbocycles. The maximum atomic E-state index is 13.6. The van der Waals surface area contributed by atoms with E-state index in [9.17, 15) is 35.9 Å². The molecule has 0 saturated heterocycles. The molecule has 1 N–H and O–H groups in total. The molecule has 4 rings (SSSR count). The molecule has 1 aromatic carbocycles. The first-order chi connectivity index (χ1) is 17.3. The molecule has 0 fully saturated rings. The van der Waals surface area contributed by atoms with Crippen molar-refractivity contribution in [1.82, 2.24) is 19.6 Å². The monoisotopic (exact) mass is 533 g/mol. The lowest BCUT2D eigenvalue weighted by atomic mass is 9.99. The number of halogens is 6. The van der Waals surface area contributed by atoms with E-state index < -0.39 is 42.7 Å². The summed E-state index contributed by atoms with van der Waals surface area (Å²) in [7, 11) is 1.57. The zero-order valence-corrected chi connectivity index (χ0v) is 20.0. The number of carbonyl (C=O) groups excluding carboxylic acids is 2. The fourth-order valence-corrected chi connectivity index (χ4v) is 4.64. The molecule has 37 heavy (non-hydrogen) atoms. The molecule has 2 aromatic rings. The summed E-state index contributed by atoms with van der Waals surface area (Å²) in [6, 6.07) is 1.05. The number of anilines is 1. The van der Waals surface area contributed by atoms with Crippen molar-refractivity contribution >= 4 is 17.6 Å². The van der Waals surface area contributed by atoms with Gasteiger partial charge in [0, 0.05) is 49.8 Å². The van der Waals surface area contributed by atoms with Crippen LogP contribution in [0.5, 0.6) is 0 Å². The predicted molar refractivity (Wildman–Crippen MR) is 119 cm³/mol. The van der Waals surface area contributed by atoms with Crippen molar-refractivity contribution in [2.45, 2.75) is 45.1 Å². The Morgan fingerprint density at radius 1 is 1.27 bits per heavy atom. The second kappa shape index (κ2) is 10.2. The molecule has 14 heteroatoms. The number of nitrogens with one attached hydrogen (secondary N) is 1. The van der Waals surface area contributed by atoms with E-state index in [1.807, 2.05) is 0 Å². The van der Waals surface area contributed by atoms with Crippen molar-refractivity contribution in [1.29, 1.82) is 0 Å². The average Bonchev–Trinajstić information content (AvgIpc) is 3.08. The van der Waals surface area contributed by atoms with E-state index >= 15 is 0 Å². The predicted octanol–water partition coefficient (Wildman–Crippen LogP) is 4.00. The second-order valence-electron chi connectivity index (χ2n) is 9.24. The van der Waals surface area contributed by atoms with Crippen LogP contribution in [0.25, 0.3) is 0 Å². The van der Waals surface area contributed by atoms with E-state index in [1.165, 1.54) is 14.5 Å². The average molecular weight is 533 g/mol. The van der Waals surface area contributed by atoms with E-state index in [-0.39, 0.29) is 55.9 Å². The number of aromatic nitrogens is 2. The Morgan fingerprint density at radius 3 is 2.68 bits per heavy atom. The summed E-state index contributed by atoms with van der Waals surface area (Å²) in [6.45, 7) is 1.50. The summed E-state index contributed by atoms with van der Waals surface area (Å²) in [6.07, 6.45) is -7.25. The lowest BCUT2D eigenvalue weighted by molar-refractivity contribution is -0.139. The van der Waals surface area contributed by atoms with Crippen LogP contribution in [0.2, 0.25) is 0 Å². The van der Waals surface area contributed by atoms with Gasteiger partial charge < -0.3 is 19.9 Å². The highest BCUT2D eigenvalue weighted by Crippen LogP contribution is 2.34. The van der Waals surface area contributed by atoms with Gasteiger partial charge in [0.1, 0.15) is 18.1 Å². The van der Waals surface area contributed by atoms with E-state index in [0.29, 0.717) is 23.4 Å². The summed E-state index contributed by atoms with van der Waals surface area (Å²) >= 11 is 0. The van der Waals surface area contributed by atoms with Gasteiger partial charge in [-0.25, -0.2) is 18.0 Å². The van der Waals surface area contributed by atoms with Crippen molar-refractivity contribution in [2.24, 2.45) is 5.92 Å². The van der Waals surface area contributed by atoms with Gasteiger partial charge in [0.15, 0.2) is 0 Å². The lowest BCUT2D eigenvalue weighted by Gasteiger charge is -2.33. The van der Waals surface area contributed by atoms with Crippen LogP contribution in [-0.2, 0) is 30.4 Å². The van der Waals surface area contributed by atoms with E-state index in [0.717, 1.165) is 6.07 Å². The lowest BCUT2D eigenvalue weighted by Crippen LogP contribution is -2.45. The first-order valence-electron chi connectivity index (χ1n) is 11.5. The molecule has 1 aromatic heterocycles. The molecule has 0 radical (unpaired) electrons. The molecular weight excluding hydrogens is 508 g/mol. The molecule has 0 saturated carbocycles. The van der Waals surface area contributed by atoms with Gasteiger partial charge >= 0.3 is 12.2 Å². The molecule has 2 aliphatic heterocycles. The largest absolute Gasteiger partial charge is 0.419 e. The van der Waals surface area contributed by atoms with Crippen molar-refractivity contribution in [2.75, 3.05) is 32.1 Å². The quantitative estimate of drug-likeness (QED) is 0.590. The fourth-order valence-electron chi connectivity index (χ4n) is 4.64. The SMILES string of the molecule is C[C@@H]1Cc2nn3c(c2CN1C(=O)Nc1ccc(F)c(C(F)(F)F)c1)C(=O)N(C)C[C@@H](COCC(F)F)C3. The Bertz CT molecular complexity index is 1180. The minimum absolute atomic E-state index is 0.00838. The standard InChI is InChI=1S/C23H25F6N5O3/c1-12-5-18-15(9-33(12)22(36)30-14-3-4-17(24)16(6-14)23(27,28)29)20-21(35)32(2)7-13(8-34(20)31-18)10-37-11-19(25)26/h3-4,6,12-13,19H,5,7-11H2,1-2H3,(H,30,36)/t12-,13-/m1/s1. The number of ether oxygens (including phenoxy) is 1. The molecule has 0 bridgehead atoms. The Hall–Kier alpha value is -3.29. The smallest absolute Gasteiger partial charge is 0.375 e. The molecule has 2 atom stereocenters. The number of carbonyl (C=O) groups is 2. The first-order valence-corrected chi connectivity index (χ1v) is 11.5. The zero-order chi connectivity index (χ0) is 27.1. The molecule has 3 amide bonds. The van der Waals surface area contributed by atoms with Crippen molar-refractivity contribution < 1.29 is 40.7 Å². The number of rotatable bonds is 5. The molecule has 0 spiro atoms. The van der Waals surface area contributed by atoms with Gasteiger partial charge in [0.25, 0.3) is 12.3 Å². The highest BCUT2D eigenvalue weighted by atomic mass is 19.4. The third-order valence-electron chi connectivity index (χ3n) is 6.38. The van der Waals surface area contributed by atoms with Gasteiger partial charge in [0.2, 0.25) is 0 Å². The summed E-state index contributed by atoms with van der Waals surface area (Å²) in [5.74, 6) is -2.09. The minimum Gasteiger partial charge on any atom is -0.375 e. The van der Waals surface area contributed by atoms with Gasteiger partial charge in [-0.3, -0.25) is 9.48 Å². The van der Waals surface area contributed by atoms with Crippen LogP contribution in [0, 0.1) is 11.7 Å². The molecule has 3 heterocycles. The minimum atomic E-state index is -4.93. The van der Waals surface area contributed by atoms with Crippen molar-refractivity contribution in [3.63, 3.8) is 0 Å². The second-order valence-corrected chi connectivity index (χ2v) is 9.24. The van der Waals surface area contributed by atoms with Gasteiger partial charge in [-0.05, 0) is 25.1 Å². The van der Waals surface area contributed by atoms with Crippen molar-refractivity contribution in [3.05, 3.63) is 46.5 Å². The number of hydrogen-bond acceptors (Lipinski definition) is 4. The summed E-state index contributed by atoms with van der Waals surface area (Å²) in [5.41, 5.74) is -0.354. The summed E-state index contributed by atoms with van der Waals surface area (Å²) in [4.78, 5) is 29.0. The van der Waals surface area contributed by atoms with Gasteiger partial charge in [-0.1, -0.05) is 0 Å². The molecular formula is C23H25F6N5O3. The van der Waals surface area contributed by atoms with E-state index in [1.54, 1.807) is 14.0 Å². The van der Waals surface area contributed by atoms with E-state index in [2.05, 4.69) is 10.4 Å². The molecule has 8 nitrogen and oxygen atoms in total. The van der Waals surface area contributed by atoms with Crippen LogP contribution in [-0.4, -0.2) is 70.8 Å². The molecule has 202 valence electrons. The fraction of sp³-hybridized carbons (Fsp3) is 0.522. The Balaban J connectivity index is 1.55. The molecule has 0 unspecified atom stereocenters. The maximum Gasteiger partial charge on any atom is 0.419 e. The number of fused-ring (bicyclic) bond motifs is 3. The van der Waals surface area contributed by atoms with Crippen LogP contribution in [0.1, 0.15) is 34.2 Å². The van der Waals surface area contributed by atoms with Crippen LogP contribution < -0.4 is 5.32 Å². The summed E-state index contributed by atoms with van der Waals surface area (Å²) in [5, 5.41) is 6.92. The highest BCUT2D eigenvalue weighted by Gasteiger charge is 2.38. The first kappa shape index (κ1) is 26.8. The van der Waals surface area contributed by atoms with Gasteiger partial charge in [-0.15, -0.1) is 0 Å². The van der Waals surface area contributed by atoms with Gasteiger partial charge in [0.05, 0.1) is 24.4 Å². The van der Waals surface area contributed by atoms with Crippen LogP contribution in [0.15, 0.2) is 18.2 Å². The third kappa shape index (κ3) is 5.68. The van der Waals surface area contributed by atoms with Crippen LogP contribution in [0.3, 0.4) is 0 Å². The number of alkyl halides is 5.